The summed E-state index contributed by atoms with van der Waals surface area (Å²) in [5, 5.41) is 0.829. The van der Waals surface area contributed by atoms with Crippen molar-refractivity contribution in [3.63, 3.8) is 0 Å². The Morgan fingerprint density at radius 1 is 1.38 bits per heavy atom. The van der Waals surface area contributed by atoms with Gasteiger partial charge < -0.3 is 9.47 Å². The summed E-state index contributed by atoms with van der Waals surface area (Å²) < 4.78 is 10.7. The molecule has 1 aromatic carbocycles. The van der Waals surface area contributed by atoms with Crippen LogP contribution in [-0.2, 0) is 4.74 Å². The number of rotatable bonds is 6. The number of halogens is 1. The van der Waals surface area contributed by atoms with Crippen molar-refractivity contribution in [2.24, 2.45) is 5.92 Å². The Morgan fingerprint density at radius 3 is 2.81 bits per heavy atom. The summed E-state index contributed by atoms with van der Waals surface area (Å²) in [6, 6.07) is 3.65. The van der Waals surface area contributed by atoms with Crippen molar-refractivity contribution < 1.29 is 14.3 Å². The predicted octanol–water partition coefficient (Wildman–Crippen LogP) is 4.46. The Hall–Kier alpha value is -0.710. The molecule has 1 heterocycles. The normalized spacial score (nSPS) is 18.0. The molecule has 21 heavy (non-hydrogen) atoms. The first-order valence-electron chi connectivity index (χ1n) is 7.18. The zero-order valence-electron chi connectivity index (χ0n) is 12.6. The van der Waals surface area contributed by atoms with Gasteiger partial charge in [-0.05, 0) is 18.1 Å². The minimum atomic E-state index is 0.176. The van der Waals surface area contributed by atoms with Crippen molar-refractivity contribution >= 4 is 29.1 Å². The fraction of sp³-hybridized carbons (Fsp3) is 0.562. The summed E-state index contributed by atoms with van der Waals surface area (Å²) in [6.07, 6.45) is 1.39. The van der Waals surface area contributed by atoms with Gasteiger partial charge in [-0.15, -0.1) is 11.8 Å². The SMILES string of the molecule is COCCCOc1cc2c(cc1Cl)C(=O)CC(C(C)C)S2. The predicted molar refractivity (Wildman–Crippen MR) is 86.9 cm³/mol. The molecule has 5 heteroatoms. The van der Waals surface area contributed by atoms with Gasteiger partial charge in [-0.3, -0.25) is 4.79 Å². The lowest BCUT2D eigenvalue weighted by Crippen LogP contribution is -2.22. The van der Waals surface area contributed by atoms with Crippen molar-refractivity contribution in [1.82, 2.24) is 0 Å². The minimum Gasteiger partial charge on any atom is -0.492 e. The Bertz CT molecular complexity index is 516. The monoisotopic (exact) mass is 328 g/mol. The van der Waals surface area contributed by atoms with Crippen molar-refractivity contribution in [2.75, 3.05) is 20.3 Å². The van der Waals surface area contributed by atoms with Crippen LogP contribution in [0.1, 0.15) is 37.0 Å². The molecule has 0 aromatic heterocycles. The molecule has 1 aliphatic heterocycles. The van der Waals surface area contributed by atoms with E-state index < -0.39 is 0 Å². The molecule has 0 aliphatic carbocycles. The number of methoxy groups -OCH3 is 1. The first-order chi connectivity index (χ1) is 10.0. The molecule has 0 radical (unpaired) electrons. The number of hydrogen-bond acceptors (Lipinski definition) is 4. The molecule has 0 fully saturated rings. The third kappa shape index (κ3) is 4.15. The number of ether oxygens (including phenoxy) is 2. The minimum absolute atomic E-state index is 0.176. The van der Waals surface area contributed by atoms with Crippen LogP contribution in [0.25, 0.3) is 0 Å². The summed E-state index contributed by atoms with van der Waals surface area (Å²) in [5.74, 6) is 1.29. The molecule has 1 aliphatic rings. The lowest BCUT2D eigenvalue weighted by Gasteiger charge is -2.26. The van der Waals surface area contributed by atoms with E-state index >= 15 is 0 Å². The third-order valence-corrected chi connectivity index (χ3v) is 5.39. The number of benzene rings is 1. The number of carbonyl (C=O) groups excluding carboxylic acids is 1. The van der Waals surface area contributed by atoms with E-state index in [0.717, 1.165) is 16.9 Å². The van der Waals surface area contributed by atoms with Crippen LogP contribution in [0.5, 0.6) is 5.75 Å². The van der Waals surface area contributed by atoms with Crippen LogP contribution in [-0.4, -0.2) is 31.4 Å². The first kappa shape index (κ1) is 16.7. The number of ketones is 1. The summed E-state index contributed by atoms with van der Waals surface area (Å²) >= 11 is 7.97. The summed E-state index contributed by atoms with van der Waals surface area (Å²) in [7, 11) is 1.67. The average Bonchev–Trinajstić information content (AvgIpc) is 2.44. The van der Waals surface area contributed by atoms with Gasteiger partial charge >= 0.3 is 0 Å². The fourth-order valence-electron chi connectivity index (χ4n) is 2.22. The van der Waals surface area contributed by atoms with E-state index in [-0.39, 0.29) is 5.78 Å². The standard InChI is InChI=1S/C16H21ClO3S/c1-10(2)15-8-13(18)11-7-12(17)14(9-16(11)21-15)20-6-4-5-19-3/h7,9-10,15H,4-6,8H2,1-3H3. The highest BCUT2D eigenvalue weighted by Gasteiger charge is 2.29. The van der Waals surface area contributed by atoms with Crippen LogP contribution in [0.3, 0.4) is 0 Å². The van der Waals surface area contributed by atoms with Gasteiger partial charge in [0.1, 0.15) is 5.75 Å². The van der Waals surface area contributed by atoms with E-state index in [9.17, 15) is 4.79 Å². The van der Waals surface area contributed by atoms with Crippen molar-refractivity contribution in [1.29, 1.82) is 0 Å². The molecule has 0 saturated heterocycles. The maximum absolute atomic E-state index is 12.2. The topological polar surface area (TPSA) is 35.5 Å². The number of hydrogen-bond donors (Lipinski definition) is 0. The van der Waals surface area contributed by atoms with Gasteiger partial charge in [-0.2, -0.15) is 0 Å². The van der Waals surface area contributed by atoms with Gasteiger partial charge in [-0.25, -0.2) is 0 Å². The lowest BCUT2D eigenvalue weighted by atomic mass is 9.99. The van der Waals surface area contributed by atoms with Crippen molar-refractivity contribution in [3.05, 3.63) is 22.7 Å². The summed E-state index contributed by atoms with van der Waals surface area (Å²) in [4.78, 5) is 13.2. The highest BCUT2D eigenvalue weighted by molar-refractivity contribution is 8.00. The van der Waals surface area contributed by atoms with E-state index in [4.69, 9.17) is 21.1 Å². The van der Waals surface area contributed by atoms with E-state index in [1.165, 1.54) is 0 Å². The maximum atomic E-state index is 12.2. The van der Waals surface area contributed by atoms with Crippen LogP contribution in [0, 0.1) is 5.92 Å². The second kappa shape index (κ2) is 7.52. The highest BCUT2D eigenvalue weighted by Crippen LogP contribution is 2.42. The molecule has 0 saturated carbocycles. The smallest absolute Gasteiger partial charge is 0.165 e. The molecule has 0 bridgehead atoms. The molecule has 116 valence electrons. The van der Waals surface area contributed by atoms with Gasteiger partial charge in [0.05, 0.1) is 11.6 Å². The van der Waals surface area contributed by atoms with E-state index in [2.05, 4.69) is 13.8 Å². The van der Waals surface area contributed by atoms with Gasteiger partial charge in [0.15, 0.2) is 5.78 Å². The van der Waals surface area contributed by atoms with E-state index in [1.807, 2.05) is 6.07 Å². The number of fused-ring (bicyclic) bond motifs is 1. The van der Waals surface area contributed by atoms with Crippen LogP contribution < -0.4 is 4.74 Å². The molecular weight excluding hydrogens is 308 g/mol. The molecule has 3 nitrogen and oxygen atoms in total. The number of thioether (sulfide) groups is 1. The van der Waals surface area contributed by atoms with Gasteiger partial charge in [0.25, 0.3) is 0 Å². The fourth-order valence-corrected chi connectivity index (χ4v) is 3.74. The first-order valence-corrected chi connectivity index (χ1v) is 8.43. The molecule has 2 rings (SSSR count). The van der Waals surface area contributed by atoms with Crippen LogP contribution >= 0.6 is 23.4 Å². The maximum Gasteiger partial charge on any atom is 0.165 e. The molecule has 0 N–H and O–H groups in total. The highest BCUT2D eigenvalue weighted by atomic mass is 35.5. The van der Waals surface area contributed by atoms with Gasteiger partial charge in [0, 0.05) is 42.3 Å². The molecule has 1 atom stereocenters. The van der Waals surface area contributed by atoms with Crippen LogP contribution in [0.15, 0.2) is 17.0 Å². The number of carbonyl (C=O) groups is 1. The number of Topliss-reactive ketones (excluding diaryl/α,β-unsaturated/α-hetero) is 1. The van der Waals surface area contributed by atoms with Crippen LogP contribution in [0.4, 0.5) is 0 Å². The van der Waals surface area contributed by atoms with Crippen molar-refractivity contribution in [2.45, 2.75) is 36.8 Å². The Balaban J connectivity index is 2.16. The third-order valence-electron chi connectivity index (χ3n) is 3.49. The van der Waals surface area contributed by atoms with E-state index in [0.29, 0.717) is 41.6 Å². The Kier molecular flexibility index (Phi) is 5.97. The average molecular weight is 329 g/mol. The quantitative estimate of drug-likeness (QED) is 0.722. The van der Waals surface area contributed by atoms with Gasteiger partial charge in [-0.1, -0.05) is 25.4 Å². The Labute approximate surface area is 135 Å². The summed E-state index contributed by atoms with van der Waals surface area (Å²) in [5.41, 5.74) is 0.728. The van der Waals surface area contributed by atoms with Crippen molar-refractivity contribution in [3.8, 4) is 5.75 Å². The summed E-state index contributed by atoms with van der Waals surface area (Å²) in [6.45, 7) is 5.51. The zero-order valence-corrected chi connectivity index (χ0v) is 14.2. The molecule has 1 aromatic rings. The van der Waals surface area contributed by atoms with E-state index in [1.54, 1.807) is 24.9 Å². The second-order valence-corrected chi connectivity index (χ2v) is 7.19. The van der Waals surface area contributed by atoms with Crippen LogP contribution in [0.2, 0.25) is 5.02 Å². The molecule has 1 unspecified atom stereocenters. The molecule has 0 amide bonds. The largest absolute Gasteiger partial charge is 0.492 e. The molecular formula is C16H21ClO3S. The second-order valence-electron chi connectivity index (χ2n) is 5.50. The molecule has 0 spiro atoms. The van der Waals surface area contributed by atoms with Gasteiger partial charge in [0.2, 0.25) is 0 Å². The zero-order chi connectivity index (χ0) is 15.4. The Morgan fingerprint density at radius 2 is 2.14 bits per heavy atom. The lowest BCUT2D eigenvalue weighted by molar-refractivity contribution is 0.0972.